The SMILES string of the molecule is CCOCCCC(CC)(CC)CNCCOC. The lowest BCUT2D eigenvalue weighted by Crippen LogP contribution is -2.35. The molecule has 3 heteroatoms. The van der Waals surface area contributed by atoms with Gasteiger partial charge in [-0.25, -0.2) is 0 Å². The molecule has 0 aromatic carbocycles. The van der Waals surface area contributed by atoms with Gasteiger partial charge in [0.2, 0.25) is 0 Å². The molecule has 0 aromatic heterocycles. The van der Waals surface area contributed by atoms with Gasteiger partial charge in [0, 0.05) is 33.4 Å². The topological polar surface area (TPSA) is 30.5 Å². The average Bonchev–Trinajstić information content (AvgIpc) is 2.37. The van der Waals surface area contributed by atoms with Crippen LogP contribution in [-0.4, -0.2) is 40.0 Å². The van der Waals surface area contributed by atoms with Crippen LogP contribution < -0.4 is 5.32 Å². The van der Waals surface area contributed by atoms with Crippen molar-refractivity contribution in [3.8, 4) is 0 Å². The molecule has 0 heterocycles. The Labute approximate surface area is 107 Å². The summed E-state index contributed by atoms with van der Waals surface area (Å²) < 4.78 is 10.5. The normalized spacial score (nSPS) is 12.0. The van der Waals surface area contributed by atoms with Crippen LogP contribution in [0.2, 0.25) is 0 Å². The van der Waals surface area contributed by atoms with Crippen LogP contribution in [0.1, 0.15) is 46.5 Å². The predicted octanol–water partition coefficient (Wildman–Crippen LogP) is 2.85. The highest BCUT2D eigenvalue weighted by molar-refractivity contribution is 4.79. The molecule has 0 aliphatic rings. The van der Waals surface area contributed by atoms with E-state index in [4.69, 9.17) is 9.47 Å². The molecule has 0 aliphatic carbocycles. The average molecular weight is 245 g/mol. The summed E-state index contributed by atoms with van der Waals surface area (Å²) in [6, 6.07) is 0. The van der Waals surface area contributed by atoms with Gasteiger partial charge in [-0.1, -0.05) is 13.8 Å². The maximum atomic E-state index is 5.42. The maximum absolute atomic E-state index is 5.42. The molecule has 1 N–H and O–H groups in total. The Kier molecular flexibility index (Phi) is 10.9. The van der Waals surface area contributed by atoms with E-state index in [1.165, 1.54) is 25.7 Å². The molecule has 0 amide bonds. The zero-order chi connectivity index (χ0) is 13.0. The van der Waals surface area contributed by atoms with Gasteiger partial charge in [-0.15, -0.1) is 0 Å². The fourth-order valence-corrected chi connectivity index (χ4v) is 2.16. The van der Waals surface area contributed by atoms with Crippen molar-refractivity contribution in [1.29, 1.82) is 0 Å². The molecule has 0 spiro atoms. The molecule has 0 aromatic rings. The van der Waals surface area contributed by atoms with Gasteiger partial charge in [-0.05, 0) is 38.0 Å². The number of hydrogen-bond acceptors (Lipinski definition) is 3. The molecule has 0 bridgehead atoms. The lowest BCUT2D eigenvalue weighted by atomic mass is 9.78. The fourth-order valence-electron chi connectivity index (χ4n) is 2.16. The van der Waals surface area contributed by atoms with Gasteiger partial charge in [0.25, 0.3) is 0 Å². The van der Waals surface area contributed by atoms with Crippen molar-refractivity contribution in [3.05, 3.63) is 0 Å². The first-order valence-corrected chi connectivity index (χ1v) is 7.02. The molecule has 17 heavy (non-hydrogen) atoms. The lowest BCUT2D eigenvalue weighted by molar-refractivity contribution is 0.121. The Balaban J connectivity index is 3.88. The number of hydrogen-bond donors (Lipinski definition) is 1. The van der Waals surface area contributed by atoms with E-state index < -0.39 is 0 Å². The van der Waals surface area contributed by atoms with Crippen molar-refractivity contribution in [2.24, 2.45) is 5.41 Å². The fraction of sp³-hybridized carbons (Fsp3) is 1.00. The van der Waals surface area contributed by atoms with E-state index in [9.17, 15) is 0 Å². The molecular formula is C14H31NO2. The van der Waals surface area contributed by atoms with Crippen molar-refractivity contribution in [2.75, 3.05) is 40.0 Å². The van der Waals surface area contributed by atoms with Gasteiger partial charge in [0.05, 0.1) is 6.61 Å². The standard InChI is InChI=1S/C14H31NO2/c1-5-14(6-2,9-8-11-17-7-3)13-15-10-12-16-4/h15H,5-13H2,1-4H3. The number of ether oxygens (including phenoxy) is 2. The van der Waals surface area contributed by atoms with E-state index in [-0.39, 0.29) is 0 Å². The van der Waals surface area contributed by atoms with Crippen LogP contribution in [0.15, 0.2) is 0 Å². The molecule has 0 saturated carbocycles. The third-order valence-corrected chi connectivity index (χ3v) is 3.68. The van der Waals surface area contributed by atoms with Gasteiger partial charge in [-0.2, -0.15) is 0 Å². The summed E-state index contributed by atoms with van der Waals surface area (Å²) in [5.74, 6) is 0. The highest BCUT2D eigenvalue weighted by Gasteiger charge is 2.24. The van der Waals surface area contributed by atoms with E-state index >= 15 is 0 Å². The van der Waals surface area contributed by atoms with Gasteiger partial charge in [0.15, 0.2) is 0 Å². The van der Waals surface area contributed by atoms with Gasteiger partial charge in [0.1, 0.15) is 0 Å². The molecule has 0 saturated heterocycles. The molecule has 0 aliphatic heterocycles. The number of methoxy groups -OCH3 is 1. The third-order valence-electron chi connectivity index (χ3n) is 3.68. The highest BCUT2D eigenvalue weighted by Crippen LogP contribution is 2.31. The molecule has 0 rings (SSSR count). The van der Waals surface area contributed by atoms with Crippen molar-refractivity contribution < 1.29 is 9.47 Å². The number of rotatable bonds is 12. The first-order chi connectivity index (χ1) is 8.24. The minimum absolute atomic E-state index is 0.435. The Morgan fingerprint density at radius 1 is 1.06 bits per heavy atom. The highest BCUT2D eigenvalue weighted by atomic mass is 16.5. The van der Waals surface area contributed by atoms with Gasteiger partial charge >= 0.3 is 0 Å². The van der Waals surface area contributed by atoms with Crippen LogP contribution >= 0.6 is 0 Å². The first-order valence-electron chi connectivity index (χ1n) is 7.02. The summed E-state index contributed by atoms with van der Waals surface area (Å²) in [6.45, 7) is 11.2. The van der Waals surface area contributed by atoms with Crippen LogP contribution in [0, 0.1) is 5.41 Å². The summed E-state index contributed by atoms with van der Waals surface area (Å²) in [7, 11) is 1.75. The molecule has 0 atom stereocenters. The summed E-state index contributed by atoms with van der Waals surface area (Å²) >= 11 is 0. The predicted molar refractivity (Wildman–Crippen MR) is 73.5 cm³/mol. The van der Waals surface area contributed by atoms with Crippen molar-refractivity contribution in [1.82, 2.24) is 5.32 Å². The van der Waals surface area contributed by atoms with Crippen molar-refractivity contribution >= 4 is 0 Å². The van der Waals surface area contributed by atoms with Gasteiger partial charge in [-0.3, -0.25) is 0 Å². The number of nitrogens with one attached hydrogen (secondary N) is 1. The second-order valence-corrected chi connectivity index (χ2v) is 4.68. The smallest absolute Gasteiger partial charge is 0.0587 e. The van der Waals surface area contributed by atoms with Crippen LogP contribution in [0.25, 0.3) is 0 Å². The van der Waals surface area contributed by atoms with Crippen LogP contribution in [-0.2, 0) is 9.47 Å². The zero-order valence-corrected chi connectivity index (χ0v) is 12.2. The second-order valence-electron chi connectivity index (χ2n) is 4.68. The lowest BCUT2D eigenvalue weighted by Gasteiger charge is -2.32. The first kappa shape index (κ1) is 16.9. The molecule has 0 fully saturated rings. The Morgan fingerprint density at radius 2 is 1.76 bits per heavy atom. The Hall–Kier alpha value is -0.120. The van der Waals surface area contributed by atoms with E-state index in [1.807, 2.05) is 0 Å². The second kappa shape index (κ2) is 11.0. The third kappa shape index (κ3) is 7.74. The molecular weight excluding hydrogens is 214 g/mol. The zero-order valence-electron chi connectivity index (χ0n) is 12.2. The van der Waals surface area contributed by atoms with Crippen molar-refractivity contribution in [2.45, 2.75) is 46.5 Å². The summed E-state index contributed by atoms with van der Waals surface area (Å²) in [5, 5.41) is 3.50. The maximum Gasteiger partial charge on any atom is 0.0587 e. The van der Waals surface area contributed by atoms with Crippen LogP contribution in [0.3, 0.4) is 0 Å². The monoisotopic (exact) mass is 245 g/mol. The van der Waals surface area contributed by atoms with Crippen LogP contribution in [0.5, 0.6) is 0 Å². The Morgan fingerprint density at radius 3 is 2.29 bits per heavy atom. The molecule has 0 unspecified atom stereocenters. The van der Waals surface area contributed by atoms with Crippen LogP contribution in [0.4, 0.5) is 0 Å². The Bertz CT molecular complexity index is 144. The molecule has 3 nitrogen and oxygen atoms in total. The summed E-state index contributed by atoms with van der Waals surface area (Å²) in [4.78, 5) is 0. The molecule has 0 radical (unpaired) electrons. The largest absolute Gasteiger partial charge is 0.383 e. The van der Waals surface area contributed by atoms with Gasteiger partial charge < -0.3 is 14.8 Å². The van der Waals surface area contributed by atoms with E-state index in [0.29, 0.717) is 5.41 Å². The molecule has 104 valence electrons. The minimum atomic E-state index is 0.435. The van der Waals surface area contributed by atoms with E-state index in [0.717, 1.165) is 32.9 Å². The van der Waals surface area contributed by atoms with E-state index in [1.54, 1.807) is 7.11 Å². The quantitative estimate of drug-likeness (QED) is 0.536. The summed E-state index contributed by atoms with van der Waals surface area (Å²) in [5.41, 5.74) is 0.435. The summed E-state index contributed by atoms with van der Waals surface area (Å²) in [6.07, 6.45) is 4.88. The van der Waals surface area contributed by atoms with Crippen molar-refractivity contribution in [3.63, 3.8) is 0 Å². The van der Waals surface area contributed by atoms with E-state index in [2.05, 4.69) is 26.1 Å². The minimum Gasteiger partial charge on any atom is -0.383 e.